The summed E-state index contributed by atoms with van der Waals surface area (Å²) in [7, 11) is 0. The van der Waals surface area contributed by atoms with Crippen LogP contribution in [0, 0.1) is 0 Å². The van der Waals surface area contributed by atoms with E-state index in [1.54, 1.807) is 22.8 Å². The number of carbonyl (C=O) groups excluding carboxylic acids is 1. The van der Waals surface area contributed by atoms with Gasteiger partial charge in [0, 0.05) is 0 Å². The van der Waals surface area contributed by atoms with E-state index in [4.69, 9.17) is 11.8 Å². The van der Waals surface area contributed by atoms with Crippen molar-refractivity contribution < 1.29 is 9.35 Å². The SMILES string of the molecule is CCSP(=S)(SCC)C1C[S+]([O-])N(CC)C1=O. The van der Waals surface area contributed by atoms with Gasteiger partial charge in [0.1, 0.15) is 11.4 Å². The largest absolute Gasteiger partial charge is 0.593 e. The number of hydrogen-bond acceptors (Lipinski definition) is 5. The van der Waals surface area contributed by atoms with Gasteiger partial charge in [0.15, 0.2) is 0 Å². The minimum Gasteiger partial charge on any atom is -0.593 e. The fraction of sp³-hybridized carbons (Fsp3) is 0.889. The van der Waals surface area contributed by atoms with Crippen LogP contribution >= 0.6 is 27.2 Å². The molecule has 100 valence electrons. The van der Waals surface area contributed by atoms with Crippen LogP contribution in [0.25, 0.3) is 0 Å². The molecule has 1 aliphatic heterocycles. The van der Waals surface area contributed by atoms with E-state index in [-0.39, 0.29) is 11.6 Å². The molecule has 0 N–H and O–H groups in total. The highest BCUT2D eigenvalue weighted by molar-refractivity contribution is 9.00. The van der Waals surface area contributed by atoms with Crippen LogP contribution in [-0.2, 0) is 28.0 Å². The molecule has 3 nitrogen and oxygen atoms in total. The molecule has 1 fully saturated rings. The Balaban J connectivity index is 2.90. The first-order chi connectivity index (χ1) is 8.00. The van der Waals surface area contributed by atoms with Gasteiger partial charge in [0.2, 0.25) is 0 Å². The second kappa shape index (κ2) is 7.06. The lowest BCUT2D eigenvalue weighted by atomic mass is 10.4. The van der Waals surface area contributed by atoms with E-state index in [1.807, 2.05) is 6.92 Å². The van der Waals surface area contributed by atoms with E-state index < -0.39 is 15.8 Å². The number of rotatable bonds is 6. The molecule has 2 unspecified atom stereocenters. The summed E-state index contributed by atoms with van der Waals surface area (Å²) in [6.07, 6.45) is 0. The highest BCUT2D eigenvalue weighted by atomic mass is 33.2. The van der Waals surface area contributed by atoms with Crippen molar-refractivity contribution in [2.24, 2.45) is 0 Å². The summed E-state index contributed by atoms with van der Waals surface area (Å²) in [4.78, 5) is 12.2. The second-order valence-electron chi connectivity index (χ2n) is 3.41. The Kier molecular flexibility index (Phi) is 6.72. The van der Waals surface area contributed by atoms with E-state index >= 15 is 0 Å². The lowest BCUT2D eigenvalue weighted by molar-refractivity contribution is -0.124. The van der Waals surface area contributed by atoms with Gasteiger partial charge in [-0.25, -0.2) is 0 Å². The van der Waals surface area contributed by atoms with Crippen molar-refractivity contribution in [3.05, 3.63) is 0 Å². The van der Waals surface area contributed by atoms with Crippen LogP contribution in [0.2, 0.25) is 0 Å². The molecular weight excluding hydrogens is 313 g/mol. The highest BCUT2D eigenvalue weighted by Gasteiger charge is 2.49. The molecular formula is C9H18NO2PS4. The van der Waals surface area contributed by atoms with Crippen LogP contribution in [0.4, 0.5) is 0 Å². The predicted octanol–water partition coefficient (Wildman–Crippen LogP) is 2.70. The fourth-order valence-electron chi connectivity index (χ4n) is 1.67. The fourth-order valence-corrected chi connectivity index (χ4v) is 16.0. The summed E-state index contributed by atoms with van der Waals surface area (Å²) in [6, 6.07) is 0. The molecule has 0 spiro atoms. The molecule has 8 heteroatoms. The zero-order chi connectivity index (χ0) is 13.1. The van der Waals surface area contributed by atoms with E-state index in [2.05, 4.69) is 13.8 Å². The van der Waals surface area contributed by atoms with Crippen LogP contribution in [-0.4, -0.2) is 44.2 Å². The van der Waals surface area contributed by atoms with E-state index in [1.165, 1.54) is 4.31 Å². The smallest absolute Gasteiger partial charge is 0.278 e. The summed E-state index contributed by atoms with van der Waals surface area (Å²) in [5, 5.41) is 0. The lowest BCUT2D eigenvalue weighted by Crippen LogP contribution is -2.31. The van der Waals surface area contributed by atoms with Gasteiger partial charge in [-0.1, -0.05) is 25.7 Å². The maximum atomic E-state index is 12.2. The monoisotopic (exact) mass is 331 g/mol. The van der Waals surface area contributed by atoms with Crippen molar-refractivity contribution in [2.45, 2.75) is 26.4 Å². The number of hydrogen-bond donors (Lipinski definition) is 0. The van der Waals surface area contributed by atoms with E-state index in [0.717, 1.165) is 11.5 Å². The Morgan fingerprint density at radius 3 is 2.35 bits per heavy atom. The van der Waals surface area contributed by atoms with Crippen molar-refractivity contribution in [3.63, 3.8) is 0 Å². The van der Waals surface area contributed by atoms with Crippen molar-refractivity contribution in [3.8, 4) is 0 Å². The molecule has 2 atom stereocenters. The molecule has 0 radical (unpaired) electrons. The summed E-state index contributed by atoms with van der Waals surface area (Å²) >= 11 is 8.04. The number of amides is 1. The van der Waals surface area contributed by atoms with Crippen molar-refractivity contribution in [1.29, 1.82) is 0 Å². The third-order valence-electron chi connectivity index (χ3n) is 2.36. The standard InChI is InChI=1S/C9H18NO2PS4/c1-4-10-9(11)8(7-17(10)12)13(14,15-5-2)16-6-3/h8H,4-7H2,1-3H3. The molecule has 1 amide bonds. The molecule has 1 saturated heterocycles. The van der Waals surface area contributed by atoms with Gasteiger partial charge < -0.3 is 4.55 Å². The van der Waals surface area contributed by atoms with Gasteiger partial charge in [-0.3, -0.25) is 4.79 Å². The normalized spacial score (nSPS) is 25.6. The minimum absolute atomic E-state index is 0.0102. The Bertz CT molecular complexity index is 318. The summed E-state index contributed by atoms with van der Waals surface area (Å²) in [5.74, 6) is 2.29. The molecule has 0 aromatic rings. The van der Waals surface area contributed by atoms with Gasteiger partial charge in [-0.15, -0.1) is 22.8 Å². The predicted molar refractivity (Wildman–Crippen MR) is 84.7 cm³/mol. The average Bonchev–Trinajstić information content (AvgIpc) is 2.55. The van der Waals surface area contributed by atoms with E-state index in [9.17, 15) is 9.35 Å². The van der Waals surface area contributed by atoms with Gasteiger partial charge in [-0.2, -0.15) is 4.31 Å². The summed E-state index contributed by atoms with van der Waals surface area (Å²) in [5.41, 5.74) is -0.187. The Morgan fingerprint density at radius 2 is 2.00 bits per heavy atom. The zero-order valence-electron chi connectivity index (χ0n) is 10.2. The topological polar surface area (TPSA) is 43.4 Å². The number of carbonyl (C=O) groups is 1. The van der Waals surface area contributed by atoms with Crippen molar-refractivity contribution in [2.75, 3.05) is 23.8 Å². The maximum absolute atomic E-state index is 12.2. The molecule has 1 heterocycles. The Morgan fingerprint density at radius 1 is 1.47 bits per heavy atom. The van der Waals surface area contributed by atoms with Crippen molar-refractivity contribution >= 4 is 56.3 Å². The molecule has 1 rings (SSSR count). The summed E-state index contributed by atoms with van der Waals surface area (Å²) < 4.78 is 11.5. The molecule has 17 heavy (non-hydrogen) atoms. The first-order valence-electron chi connectivity index (χ1n) is 5.58. The maximum Gasteiger partial charge on any atom is 0.278 e. The second-order valence-corrected chi connectivity index (χ2v) is 17.0. The van der Waals surface area contributed by atoms with Crippen LogP contribution in [0.3, 0.4) is 0 Å². The van der Waals surface area contributed by atoms with E-state index in [0.29, 0.717) is 12.3 Å². The van der Waals surface area contributed by atoms with Crippen LogP contribution < -0.4 is 0 Å². The molecule has 0 aromatic carbocycles. The molecule has 0 saturated carbocycles. The van der Waals surface area contributed by atoms with Crippen LogP contribution in [0.1, 0.15) is 20.8 Å². The Labute approximate surface area is 120 Å². The van der Waals surface area contributed by atoms with Crippen LogP contribution in [0.15, 0.2) is 0 Å². The highest BCUT2D eigenvalue weighted by Crippen LogP contribution is 2.73. The minimum atomic E-state index is -1.83. The van der Waals surface area contributed by atoms with Gasteiger partial charge in [-0.05, 0) is 18.4 Å². The molecule has 0 aliphatic carbocycles. The molecule has 0 bridgehead atoms. The first-order valence-corrected chi connectivity index (χ1v) is 12.9. The zero-order valence-corrected chi connectivity index (χ0v) is 14.4. The van der Waals surface area contributed by atoms with Gasteiger partial charge in [0.25, 0.3) is 5.91 Å². The van der Waals surface area contributed by atoms with Crippen molar-refractivity contribution in [1.82, 2.24) is 4.31 Å². The third-order valence-corrected chi connectivity index (χ3v) is 16.4. The summed E-state index contributed by atoms with van der Waals surface area (Å²) in [6.45, 7) is 6.51. The molecule has 1 aliphatic rings. The lowest BCUT2D eigenvalue weighted by Gasteiger charge is -2.22. The third kappa shape index (κ3) is 3.57. The molecule has 0 aromatic heterocycles. The average molecular weight is 331 g/mol. The van der Waals surface area contributed by atoms with Gasteiger partial charge >= 0.3 is 0 Å². The van der Waals surface area contributed by atoms with Gasteiger partial charge in [0.05, 0.1) is 22.3 Å². The first kappa shape index (κ1) is 16.2. The quantitative estimate of drug-likeness (QED) is 0.553. The number of nitrogens with zero attached hydrogens (tertiary/aromatic N) is 1. The van der Waals surface area contributed by atoms with Crippen LogP contribution in [0.5, 0.6) is 0 Å². The Hall–Kier alpha value is 1.13.